The van der Waals surface area contributed by atoms with Crippen molar-refractivity contribution >= 4 is 0 Å². The van der Waals surface area contributed by atoms with Gasteiger partial charge in [-0.15, -0.1) is 6.58 Å². The maximum absolute atomic E-state index is 3.81. The zero-order valence-electron chi connectivity index (χ0n) is 6.27. The van der Waals surface area contributed by atoms with Crippen molar-refractivity contribution in [3.05, 3.63) is 12.7 Å². The molecule has 2 unspecified atom stereocenters. The zero-order valence-corrected chi connectivity index (χ0v) is 6.27. The van der Waals surface area contributed by atoms with E-state index in [0.29, 0.717) is 0 Å². The lowest BCUT2D eigenvalue weighted by Gasteiger charge is -2.02. The lowest BCUT2D eigenvalue weighted by atomic mass is 10.0. The Labute approximate surface area is 58.0 Å². The highest BCUT2D eigenvalue weighted by atomic mass is 14.2. The van der Waals surface area contributed by atoms with E-state index in [1.165, 1.54) is 25.7 Å². The van der Waals surface area contributed by atoms with Gasteiger partial charge in [0.05, 0.1) is 0 Å². The maximum Gasteiger partial charge on any atom is -0.0233 e. The van der Waals surface area contributed by atoms with Gasteiger partial charge in [0.2, 0.25) is 0 Å². The molecule has 0 aliphatic heterocycles. The van der Waals surface area contributed by atoms with Gasteiger partial charge in [-0.05, 0) is 31.1 Å². The van der Waals surface area contributed by atoms with E-state index in [-0.39, 0.29) is 0 Å². The first kappa shape index (κ1) is 6.85. The van der Waals surface area contributed by atoms with Gasteiger partial charge in [-0.3, -0.25) is 0 Å². The number of allylic oxidation sites excluding steroid dienone is 1. The minimum Gasteiger partial charge on any atom is -0.103 e. The number of hydrogen-bond acceptors (Lipinski definition) is 0. The van der Waals surface area contributed by atoms with E-state index >= 15 is 0 Å². The summed E-state index contributed by atoms with van der Waals surface area (Å²) >= 11 is 0. The van der Waals surface area contributed by atoms with E-state index in [1.54, 1.807) is 0 Å². The van der Waals surface area contributed by atoms with Crippen LogP contribution in [0.1, 0.15) is 32.6 Å². The zero-order chi connectivity index (χ0) is 6.69. The van der Waals surface area contributed by atoms with Crippen LogP contribution in [0.15, 0.2) is 12.7 Å². The highest BCUT2D eigenvalue weighted by molar-refractivity contribution is 4.86. The van der Waals surface area contributed by atoms with Crippen LogP contribution in [0.25, 0.3) is 0 Å². The van der Waals surface area contributed by atoms with Crippen molar-refractivity contribution < 1.29 is 0 Å². The molecule has 9 heavy (non-hydrogen) atoms. The first-order chi connectivity index (χ1) is 4.36. The van der Waals surface area contributed by atoms with Crippen molar-refractivity contribution in [3.63, 3.8) is 0 Å². The van der Waals surface area contributed by atoms with Crippen LogP contribution in [0, 0.1) is 11.8 Å². The fourth-order valence-corrected chi connectivity index (χ4v) is 1.70. The smallest absolute Gasteiger partial charge is 0.0233 e. The Bertz CT molecular complexity index is 94.2. The molecule has 52 valence electrons. The normalized spacial score (nSPS) is 34.8. The lowest BCUT2D eigenvalue weighted by Crippen LogP contribution is -1.90. The van der Waals surface area contributed by atoms with Gasteiger partial charge in [-0.25, -0.2) is 0 Å². The summed E-state index contributed by atoms with van der Waals surface area (Å²) in [6.07, 6.45) is 7.72. The maximum atomic E-state index is 3.81. The van der Waals surface area contributed by atoms with Crippen LogP contribution >= 0.6 is 0 Å². The minimum absolute atomic E-state index is 0.843. The van der Waals surface area contributed by atoms with E-state index in [0.717, 1.165) is 11.8 Å². The molecule has 0 nitrogen and oxygen atoms in total. The first-order valence-electron chi connectivity index (χ1n) is 3.99. The van der Waals surface area contributed by atoms with Gasteiger partial charge in [-0.1, -0.05) is 19.4 Å². The molecule has 0 amide bonds. The summed E-state index contributed by atoms with van der Waals surface area (Å²) in [4.78, 5) is 0. The predicted octanol–water partition coefficient (Wildman–Crippen LogP) is 3.00. The highest BCUT2D eigenvalue weighted by Crippen LogP contribution is 2.32. The van der Waals surface area contributed by atoms with Crippen molar-refractivity contribution in [1.29, 1.82) is 0 Å². The Morgan fingerprint density at radius 1 is 1.56 bits per heavy atom. The van der Waals surface area contributed by atoms with Gasteiger partial charge in [0, 0.05) is 0 Å². The quantitative estimate of drug-likeness (QED) is 0.496. The van der Waals surface area contributed by atoms with Gasteiger partial charge < -0.3 is 0 Å². The van der Waals surface area contributed by atoms with Crippen molar-refractivity contribution in [2.24, 2.45) is 11.8 Å². The van der Waals surface area contributed by atoms with Crippen LogP contribution in [-0.4, -0.2) is 0 Å². The SMILES string of the molecule is C=CC1CCC(CC)C1. The van der Waals surface area contributed by atoms with E-state index < -0.39 is 0 Å². The van der Waals surface area contributed by atoms with Crippen LogP contribution in [0.3, 0.4) is 0 Å². The third-order valence-corrected chi connectivity index (χ3v) is 2.49. The van der Waals surface area contributed by atoms with Crippen molar-refractivity contribution in [2.75, 3.05) is 0 Å². The standard InChI is InChI=1S/C9H16/c1-3-8-5-6-9(4-2)7-8/h3,8-9H,1,4-7H2,2H3. The van der Waals surface area contributed by atoms with Crippen LogP contribution in [0.2, 0.25) is 0 Å². The molecule has 0 radical (unpaired) electrons. The molecule has 0 saturated heterocycles. The fraction of sp³-hybridized carbons (Fsp3) is 0.778. The van der Waals surface area contributed by atoms with Gasteiger partial charge in [0.1, 0.15) is 0 Å². The van der Waals surface area contributed by atoms with Crippen molar-refractivity contribution in [3.8, 4) is 0 Å². The van der Waals surface area contributed by atoms with Crippen LogP contribution < -0.4 is 0 Å². The third-order valence-electron chi connectivity index (χ3n) is 2.49. The van der Waals surface area contributed by atoms with E-state index in [4.69, 9.17) is 0 Å². The Morgan fingerprint density at radius 3 is 2.67 bits per heavy atom. The average molecular weight is 124 g/mol. The third kappa shape index (κ3) is 1.57. The highest BCUT2D eigenvalue weighted by Gasteiger charge is 2.19. The van der Waals surface area contributed by atoms with Gasteiger partial charge in [0.25, 0.3) is 0 Å². The molecule has 0 aromatic heterocycles. The topological polar surface area (TPSA) is 0 Å². The van der Waals surface area contributed by atoms with Crippen LogP contribution in [0.5, 0.6) is 0 Å². The molecule has 0 N–H and O–H groups in total. The second-order valence-electron chi connectivity index (χ2n) is 3.08. The summed E-state index contributed by atoms with van der Waals surface area (Å²) in [5, 5.41) is 0. The first-order valence-corrected chi connectivity index (χ1v) is 3.99. The molecule has 0 aromatic carbocycles. The molecule has 2 atom stereocenters. The second-order valence-corrected chi connectivity index (χ2v) is 3.08. The van der Waals surface area contributed by atoms with E-state index in [1.807, 2.05) is 0 Å². The van der Waals surface area contributed by atoms with Gasteiger partial charge >= 0.3 is 0 Å². The van der Waals surface area contributed by atoms with E-state index in [2.05, 4.69) is 19.6 Å². The largest absolute Gasteiger partial charge is 0.103 e. The molecule has 0 heterocycles. The van der Waals surface area contributed by atoms with Crippen LogP contribution in [0.4, 0.5) is 0 Å². The lowest BCUT2D eigenvalue weighted by molar-refractivity contribution is 0.515. The Balaban J connectivity index is 2.28. The molecular formula is C9H16. The van der Waals surface area contributed by atoms with Crippen LogP contribution in [-0.2, 0) is 0 Å². The molecule has 1 aliphatic carbocycles. The molecule has 1 aliphatic rings. The summed E-state index contributed by atoms with van der Waals surface area (Å²) in [6, 6.07) is 0. The molecular weight excluding hydrogens is 108 g/mol. The molecule has 0 heteroatoms. The fourth-order valence-electron chi connectivity index (χ4n) is 1.70. The Hall–Kier alpha value is -0.260. The van der Waals surface area contributed by atoms with Gasteiger partial charge in [0.15, 0.2) is 0 Å². The molecule has 1 fully saturated rings. The molecule has 0 spiro atoms. The molecule has 1 rings (SSSR count). The molecule has 0 aromatic rings. The monoisotopic (exact) mass is 124 g/mol. The summed E-state index contributed by atoms with van der Waals surface area (Å²) in [5.74, 6) is 1.85. The van der Waals surface area contributed by atoms with Crippen molar-refractivity contribution in [2.45, 2.75) is 32.6 Å². The Morgan fingerprint density at radius 2 is 2.33 bits per heavy atom. The predicted molar refractivity (Wildman–Crippen MR) is 41.3 cm³/mol. The summed E-state index contributed by atoms with van der Waals surface area (Å²) in [5.41, 5.74) is 0. The van der Waals surface area contributed by atoms with E-state index in [9.17, 15) is 0 Å². The minimum atomic E-state index is 0.843. The summed E-state index contributed by atoms with van der Waals surface area (Å²) in [6.45, 7) is 6.10. The summed E-state index contributed by atoms with van der Waals surface area (Å²) in [7, 11) is 0. The summed E-state index contributed by atoms with van der Waals surface area (Å²) < 4.78 is 0. The molecule has 1 saturated carbocycles. The average Bonchev–Trinajstić information content (AvgIpc) is 2.34. The number of rotatable bonds is 2. The number of hydrogen-bond donors (Lipinski definition) is 0. The van der Waals surface area contributed by atoms with Crippen molar-refractivity contribution in [1.82, 2.24) is 0 Å². The second kappa shape index (κ2) is 3.05. The Kier molecular flexibility index (Phi) is 2.32. The molecule has 0 bridgehead atoms. The van der Waals surface area contributed by atoms with Gasteiger partial charge in [-0.2, -0.15) is 0 Å².